The molecule has 1 atom stereocenters. The van der Waals surface area contributed by atoms with Crippen LogP contribution in [-0.2, 0) is 0 Å². The normalized spacial score (nSPS) is 16.4. The van der Waals surface area contributed by atoms with E-state index in [1.807, 2.05) is 6.07 Å². The molecule has 94 valence electrons. The van der Waals surface area contributed by atoms with Crippen molar-refractivity contribution in [3.05, 3.63) is 23.8 Å². The third kappa shape index (κ3) is 3.06. The molecule has 0 fully saturated rings. The number of halogens is 1. The van der Waals surface area contributed by atoms with Crippen molar-refractivity contribution >= 4 is 11.6 Å². The highest BCUT2D eigenvalue weighted by Crippen LogP contribution is 2.34. The summed E-state index contributed by atoms with van der Waals surface area (Å²) < 4.78 is 11.3. The van der Waals surface area contributed by atoms with E-state index in [1.54, 1.807) is 0 Å². The van der Waals surface area contributed by atoms with E-state index in [9.17, 15) is 0 Å². The van der Waals surface area contributed by atoms with Gasteiger partial charge < -0.3 is 9.47 Å². The lowest BCUT2D eigenvalue weighted by Crippen LogP contribution is -2.01. The highest BCUT2D eigenvalue weighted by Gasteiger charge is 2.15. The molecule has 0 saturated heterocycles. The molecule has 0 bridgehead atoms. The predicted octanol–water partition coefficient (Wildman–Crippen LogP) is 3.97. The molecule has 1 aliphatic rings. The summed E-state index contributed by atoms with van der Waals surface area (Å²) in [6.45, 7) is 3.65. The van der Waals surface area contributed by atoms with Crippen molar-refractivity contribution in [1.29, 1.82) is 0 Å². The molecule has 1 heterocycles. The first-order chi connectivity index (χ1) is 8.35. The maximum atomic E-state index is 6.02. The number of rotatable bonds is 4. The standard InChI is InChI=1S/C14H19ClO2/c1-2-4-12(10-15)11-5-6-13-14(9-11)17-8-3-7-16-13/h5-6,9,12H,2-4,7-8,10H2,1H3. The van der Waals surface area contributed by atoms with E-state index in [1.165, 1.54) is 5.56 Å². The Bertz CT molecular complexity index is 365. The Balaban J connectivity index is 2.21. The van der Waals surface area contributed by atoms with Gasteiger partial charge in [-0.2, -0.15) is 0 Å². The molecule has 2 nitrogen and oxygen atoms in total. The van der Waals surface area contributed by atoms with Crippen LogP contribution in [-0.4, -0.2) is 19.1 Å². The van der Waals surface area contributed by atoms with Crippen LogP contribution < -0.4 is 9.47 Å². The highest BCUT2D eigenvalue weighted by atomic mass is 35.5. The van der Waals surface area contributed by atoms with Gasteiger partial charge in [-0.3, -0.25) is 0 Å². The zero-order valence-electron chi connectivity index (χ0n) is 10.2. The molecule has 0 N–H and O–H groups in total. The van der Waals surface area contributed by atoms with Crippen molar-refractivity contribution in [3.8, 4) is 11.5 Å². The van der Waals surface area contributed by atoms with E-state index in [0.717, 1.165) is 44.0 Å². The third-order valence-electron chi connectivity index (χ3n) is 3.07. The van der Waals surface area contributed by atoms with Gasteiger partial charge in [0.15, 0.2) is 11.5 Å². The second-order valence-corrected chi connectivity index (χ2v) is 4.71. The summed E-state index contributed by atoms with van der Waals surface area (Å²) in [6, 6.07) is 6.20. The predicted molar refractivity (Wildman–Crippen MR) is 70.4 cm³/mol. The maximum absolute atomic E-state index is 6.02. The Hall–Kier alpha value is -0.890. The molecule has 1 aromatic rings. The SMILES string of the molecule is CCCC(CCl)c1ccc2c(c1)OCCCO2. The number of ether oxygens (including phenoxy) is 2. The molecule has 0 radical (unpaired) electrons. The molecule has 0 saturated carbocycles. The average molecular weight is 255 g/mol. The van der Waals surface area contributed by atoms with Gasteiger partial charge in [0, 0.05) is 12.3 Å². The zero-order valence-corrected chi connectivity index (χ0v) is 11.0. The average Bonchev–Trinajstić information content (AvgIpc) is 2.60. The van der Waals surface area contributed by atoms with Crippen LogP contribution in [0.25, 0.3) is 0 Å². The molecule has 0 spiro atoms. The van der Waals surface area contributed by atoms with E-state index in [2.05, 4.69) is 19.1 Å². The number of alkyl halides is 1. The van der Waals surface area contributed by atoms with Crippen LogP contribution in [0.2, 0.25) is 0 Å². The van der Waals surface area contributed by atoms with Crippen molar-refractivity contribution in [2.24, 2.45) is 0 Å². The lowest BCUT2D eigenvalue weighted by Gasteiger charge is -2.15. The summed E-state index contributed by atoms with van der Waals surface area (Å²) in [5, 5.41) is 0. The van der Waals surface area contributed by atoms with Gasteiger partial charge >= 0.3 is 0 Å². The molecular weight excluding hydrogens is 236 g/mol. The summed E-state index contributed by atoms with van der Waals surface area (Å²) in [5.74, 6) is 2.80. The molecule has 1 aliphatic heterocycles. The monoisotopic (exact) mass is 254 g/mol. The van der Waals surface area contributed by atoms with Gasteiger partial charge in [0.2, 0.25) is 0 Å². The van der Waals surface area contributed by atoms with Gasteiger partial charge in [0.05, 0.1) is 13.2 Å². The Kier molecular flexibility index (Phi) is 4.55. The van der Waals surface area contributed by atoms with Crippen molar-refractivity contribution in [3.63, 3.8) is 0 Å². The largest absolute Gasteiger partial charge is 0.490 e. The molecular formula is C14H19ClO2. The molecule has 0 amide bonds. The van der Waals surface area contributed by atoms with E-state index in [-0.39, 0.29) is 0 Å². The second kappa shape index (κ2) is 6.15. The molecule has 3 heteroatoms. The zero-order chi connectivity index (χ0) is 12.1. The first-order valence-corrected chi connectivity index (χ1v) is 6.84. The van der Waals surface area contributed by atoms with Gasteiger partial charge in [-0.15, -0.1) is 11.6 Å². The van der Waals surface area contributed by atoms with Gasteiger partial charge in [-0.25, -0.2) is 0 Å². The number of fused-ring (bicyclic) bond motifs is 1. The van der Waals surface area contributed by atoms with Crippen LogP contribution in [0.4, 0.5) is 0 Å². The Labute approximate surface area is 108 Å². The van der Waals surface area contributed by atoms with Crippen LogP contribution >= 0.6 is 11.6 Å². The first kappa shape index (κ1) is 12.6. The van der Waals surface area contributed by atoms with Crippen LogP contribution in [0.3, 0.4) is 0 Å². The topological polar surface area (TPSA) is 18.5 Å². The van der Waals surface area contributed by atoms with E-state index in [4.69, 9.17) is 21.1 Å². The van der Waals surface area contributed by atoms with Gasteiger partial charge in [0.1, 0.15) is 0 Å². The lowest BCUT2D eigenvalue weighted by atomic mass is 9.96. The fraction of sp³-hybridized carbons (Fsp3) is 0.571. The van der Waals surface area contributed by atoms with Crippen molar-refractivity contribution in [2.45, 2.75) is 32.1 Å². The number of benzene rings is 1. The van der Waals surface area contributed by atoms with E-state index >= 15 is 0 Å². The van der Waals surface area contributed by atoms with Crippen LogP contribution in [0.15, 0.2) is 18.2 Å². The van der Waals surface area contributed by atoms with E-state index in [0.29, 0.717) is 11.8 Å². The summed E-state index contributed by atoms with van der Waals surface area (Å²) in [6.07, 6.45) is 3.20. The Morgan fingerprint density at radius 2 is 2.00 bits per heavy atom. The summed E-state index contributed by atoms with van der Waals surface area (Å²) >= 11 is 6.02. The molecule has 17 heavy (non-hydrogen) atoms. The third-order valence-corrected chi connectivity index (χ3v) is 3.44. The van der Waals surface area contributed by atoms with Crippen molar-refractivity contribution in [1.82, 2.24) is 0 Å². The minimum atomic E-state index is 0.416. The minimum absolute atomic E-state index is 0.416. The summed E-state index contributed by atoms with van der Waals surface area (Å²) in [5.41, 5.74) is 1.26. The van der Waals surface area contributed by atoms with Gasteiger partial charge in [-0.1, -0.05) is 19.4 Å². The van der Waals surface area contributed by atoms with Crippen LogP contribution in [0.5, 0.6) is 11.5 Å². The molecule has 1 unspecified atom stereocenters. The molecule has 1 aromatic carbocycles. The molecule has 0 aliphatic carbocycles. The Morgan fingerprint density at radius 1 is 1.24 bits per heavy atom. The van der Waals surface area contributed by atoms with Gasteiger partial charge in [0.25, 0.3) is 0 Å². The fourth-order valence-corrected chi connectivity index (χ4v) is 2.45. The fourth-order valence-electron chi connectivity index (χ4n) is 2.12. The van der Waals surface area contributed by atoms with E-state index < -0.39 is 0 Å². The van der Waals surface area contributed by atoms with Crippen LogP contribution in [0.1, 0.15) is 37.7 Å². The van der Waals surface area contributed by atoms with Crippen LogP contribution in [0, 0.1) is 0 Å². The maximum Gasteiger partial charge on any atom is 0.161 e. The van der Waals surface area contributed by atoms with Gasteiger partial charge in [-0.05, 0) is 30.0 Å². The van der Waals surface area contributed by atoms with Crippen molar-refractivity contribution in [2.75, 3.05) is 19.1 Å². The summed E-state index contributed by atoms with van der Waals surface area (Å²) in [4.78, 5) is 0. The molecule has 0 aromatic heterocycles. The highest BCUT2D eigenvalue weighted by molar-refractivity contribution is 6.18. The Morgan fingerprint density at radius 3 is 2.71 bits per heavy atom. The lowest BCUT2D eigenvalue weighted by molar-refractivity contribution is 0.297. The first-order valence-electron chi connectivity index (χ1n) is 6.30. The molecule has 2 rings (SSSR count). The number of hydrogen-bond donors (Lipinski definition) is 0. The quantitative estimate of drug-likeness (QED) is 0.757. The smallest absolute Gasteiger partial charge is 0.161 e. The summed E-state index contributed by atoms with van der Waals surface area (Å²) in [7, 11) is 0. The van der Waals surface area contributed by atoms with Crippen molar-refractivity contribution < 1.29 is 9.47 Å². The number of hydrogen-bond acceptors (Lipinski definition) is 2. The minimum Gasteiger partial charge on any atom is -0.490 e. The second-order valence-electron chi connectivity index (χ2n) is 4.40.